The molecule has 0 radical (unpaired) electrons. The lowest BCUT2D eigenvalue weighted by atomic mass is 9.86. The van der Waals surface area contributed by atoms with E-state index in [0.29, 0.717) is 29.7 Å². The van der Waals surface area contributed by atoms with Crippen LogP contribution in [0.2, 0.25) is 0 Å². The summed E-state index contributed by atoms with van der Waals surface area (Å²) in [5.74, 6) is 1.60. The molecule has 0 saturated heterocycles. The normalized spacial score (nSPS) is 12.5. The summed E-state index contributed by atoms with van der Waals surface area (Å²) < 4.78 is 0. The van der Waals surface area contributed by atoms with Crippen molar-refractivity contribution in [2.45, 2.75) is 59.4 Å². The fourth-order valence-corrected chi connectivity index (χ4v) is 4.35. The largest absolute Gasteiger partial charge is 0.295 e. The SMILES string of the molecule is C=NC(=NC(=NCc1ccc(-c2ccc(C(C)=O)cc2)nc1)c1ccc(C(C)C)cc1)c1ccc(C(C)(C)C)cc1. The van der Waals surface area contributed by atoms with Crippen molar-refractivity contribution in [2.24, 2.45) is 15.0 Å². The van der Waals surface area contributed by atoms with E-state index in [0.717, 1.165) is 27.9 Å². The van der Waals surface area contributed by atoms with Crippen molar-refractivity contribution in [3.05, 3.63) is 125 Å². The van der Waals surface area contributed by atoms with Gasteiger partial charge in [0, 0.05) is 28.5 Å². The lowest BCUT2D eigenvalue weighted by Gasteiger charge is -2.19. The molecule has 0 spiro atoms. The molecule has 1 heterocycles. The Bertz CT molecular complexity index is 1550. The maximum absolute atomic E-state index is 11.6. The van der Waals surface area contributed by atoms with Gasteiger partial charge in [0.1, 0.15) is 0 Å². The number of ketones is 1. The van der Waals surface area contributed by atoms with Gasteiger partial charge in [-0.1, -0.05) is 113 Å². The highest BCUT2D eigenvalue weighted by molar-refractivity contribution is 6.12. The predicted octanol–water partition coefficient (Wildman–Crippen LogP) is 8.47. The zero-order valence-electron chi connectivity index (χ0n) is 24.8. The lowest BCUT2D eigenvalue weighted by molar-refractivity contribution is 0.101. The van der Waals surface area contributed by atoms with Gasteiger partial charge in [-0.2, -0.15) is 0 Å². The predicted molar refractivity (Wildman–Crippen MR) is 172 cm³/mol. The molecule has 0 amide bonds. The Kier molecular flexibility index (Phi) is 9.18. The Hall–Kier alpha value is -4.51. The van der Waals surface area contributed by atoms with Crippen molar-refractivity contribution < 1.29 is 4.79 Å². The molecule has 208 valence electrons. The molecule has 0 bridgehead atoms. The Morgan fingerprint density at radius 3 is 1.90 bits per heavy atom. The van der Waals surface area contributed by atoms with Gasteiger partial charge in [0.15, 0.2) is 17.5 Å². The first kappa shape index (κ1) is 29.5. The number of aliphatic imine (C=N–C) groups is 3. The first-order chi connectivity index (χ1) is 19.5. The smallest absolute Gasteiger partial charge is 0.161 e. The number of hydrogen-bond acceptors (Lipinski definition) is 3. The molecule has 41 heavy (non-hydrogen) atoms. The van der Waals surface area contributed by atoms with Crippen LogP contribution in [0.1, 0.15) is 85.6 Å². The van der Waals surface area contributed by atoms with Gasteiger partial charge in [-0.15, -0.1) is 0 Å². The zero-order valence-corrected chi connectivity index (χ0v) is 24.8. The number of Topliss-reactive ketones (excluding diaryl/α,β-unsaturated/α-hetero) is 1. The Balaban J connectivity index is 1.64. The van der Waals surface area contributed by atoms with E-state index in [1.54, 1.807) is 6.92 Å². The van der Waals surface area contributed by atoms with Gasteiger partial charge in [-0.25, -0.2) is 9.98 Å². The lowest BCUT2D eigenvalue weighted by Crippen LogP contribution is -2.11. The fourth-order valence-electron chi connectivity index (χ4n) is 4.35. The van der Waals surface area contributed by atoms with E-state index >= 15 is 0 Å². The number of hydrogen-bond donors (Lipinski definition) is 0. The summed E-state index contributed by atoms with van der Waals surface area (Å²) >= 11 is 0. The summed E-state index contributed by atoms with van der Waals surface area (Å²) in [4.78, 5) is 30.3. The van der Waals surface area contributed by atoms with Gasteiger partial charge < -0.3 is 0 Å². The average molecular weight is 543 g/mol. The second-order valence-electron chi connectivity index (χ2n) is 11.5. The highest BCUT2D eigenvalue weighted by Gasteiger charge is 2.14. The van der Waals surface area contributed by atoms with Crippen LogP contribution < -0.4 is 0 Å². The maximum Gasteiger partial charge on any atom is 0.161 e. The van der Waals surface area contributed by atoms with Crippen molar-refractivity contribution in [1.82, 2.24) is 4.98 Å². The number of amidine groups is 2. The summed E-state index contributed by atoms with van der Waals surface area (Å²) in [5.41, 5.74) is 7.81. The molecule has 0 atom stereocenters. The number of carbonyl (C=O) groups excluding carboxylic acids is 1. The first-order valence-corrected chi connectivity index (χ1v) is 13.9. The number of benzene rings is 3. The molecule has 0 unspecified atom stereocenters. The summed E-state index contributed by atoms with van der Waals surface area (Å²) in [7, 11) is 0. The number of pyridine rings is 1. The molecule has 0 aliphatic carbocycles. The van der Waals surface area contributed by atoms with Gasteiger partial charge in [0.2, 0.25) is 0 Å². The molecule has 0 aliphatic rings. The monoisotopic (exact) mass is 542 g/mol. The van der Waals surface area contributed by atoms with Crippen LogP contribution in [-0.4, -0.2) is 29.2 Å². The minimum Gasteiger partial charge on any atom is -0.295 e. The first-order valence-electron chi connectivity index (χ1n) is 13.9. The molecule has 5 nitrogen and oxygen atoms in total. The van der Waals surface area contributed by atoms with E-state index in [1.807, 2.05) is 54.7 Å². The van der Waals surface area contributed by atoms with Crippen molar-refractivity contribution in [1.29, 1.82) is 0 Å². The second kappa shape index (κ2) is 12.8. The maximum atomic E-state index is 11.6. The molecular formula is C36H38N4O. The molecule has 0 fully saturated rings. The van der Waals surface area contributed by atoms with E-state index in [2.05, 4.69) is 87.7 Å². The Morgan fingerprint density at radius 1 is 0.805 bits per heavy atom. The van der Waals surface area contributed by atoms with Crippen molar-refractivity contribution in [3.63, 3.8) is 0 Å². The van der Waals surface area contributed by atoms with Crippen LogP contribution in [0.25, 0.3) is 11.3 Å². The third-order valence-corrected chi connectivity index (χ3v) is 7.03. The van der Waals surface area contributed by atoms with E-state index in [9.17, 15) is 4.79 Å². The van der Waals surface area contributed by atoms with E-state index < -0.39 is 0 Å². The molecule has 0 saturated carbocycles. The minimum atomic E-state index is 0.0479. The molecule has 0 N–H and O–H groups in total. The Labute approximate surface area is 243 Å². The standard InChI is InChI=1S/C36H38N4O/c1-24(2)27-9-15-31(16-10-27)35(40-34(37-7)30-17-19-32(20-18-30)36(4,5)6)39-23-26-8-21-33(38-22-26)29-13-11-28(12-14-29)25(3)41/h8-22,24H,7,23H2,1-6H3. The van der Waals surface area contributed by atoms with Crippen LogP contribution in [0.15, 0.2) is 106 Å². The fraction of sp³-hybridized carbons (Fsp3) is 0.250. The van der Waals surface area contributed by atoms with Crippen LogP contribution in [-0.2, 0) is 12.0 Å². The molecule has 1 aromatic heterocycles. The van der Waals surface area contributed by atoms with Crippen molar-refractivity contribution in [2.75, 3.05) is 0 Å². The van der Waals surface area contributed by atoms with Gasteiger partial charge >= 0.3 is 0 Å². The van der Waals surface area contributed by atoms with E-state index in [-0.39, 0.29) is 11.2 Å². The number of carbonyl (C=O) groups is 1. The summed E-state index contributed by atoms with van der Waals surface area (Å²) in [5, 5.41) is 0. The zero-order chi connectivity index (χ0) is 29.6. The third kappa shape index (κ3) is 7.57. The third-order valence-electron chi connectivity index (χ3n) is 7.03. The summed E-state index contributed by atoms with van der Waals surface area (Å²) in [6.45, 7) is 16.7. The molecule has 4 rings (SSSR count). The highest BCUT2D eigenvalue weighted by Crippen LogP contribution is 2.23. The highest BCUT2D eigenvalue weighted by atomic mass is 16.1. The van der Waals surface area contributed by atoms with Crippen LogP contribution in [0, 0.1) is 0 Å². The van der Waals surface area contributed by atoms with Crippen LogP contribution in [0.3, 0.4) is 0 Å². The number of nitrogens with zero attached hydrogens (tertiary/aromatic N) is 4. The molecular weight excluding hydrogens is 504 g/mol. The van der Waals surface area contributed by atoms with E-state index in [4.69, 9.17) is 9.98 Å². The molecule has 5 heteroatoms. The quantitative estimate of drug-likeness (QED) is 0.134. The molecule has 3 aromatic carbocycles. The summed E-state index contributed by atoms with van der Waals surface area (Å²) in [6.07, 6.45) is 1.83. The van der Waals surface area contributed by atoms with Crippen molar-refractivity contribution in [3.8, 4) is 11.3 Å². The van der Waals surface area contributed by atoms with Gasteiger partial charge in [-0.3, -0.25) is 14.8 Å². The molecule has 4 aromatic rings. The van der Waals surface area contributed by atoms with Crippen LogP contribution >= 0.6 is 0 Å². The Morgan fingerprint density at radius 2 is 1.39 bits per heavy atom. The average Bonchev–Trinajstić information content (AvgIpc) is 2.97. The van der Waals surface area contributed by atoms with E-state index in [1.165, 1.54) is 11.1 Å². The molecule has 0 aliphatic heterocycles. The second-order valence-corrected chi connectivity index (χ2v) is 11.5. The number of rotatable bonds is 7. The van der Waals surface area contributed by atoms with Crippen LogP contribution in [0.4, 0.5) is 0 Å². The summed E-state index contributed by atoms with van der Waals surface area (Å²) in [6, 6.07) is 28.2. The topological polar surface area (TPSA) is 67.0 Å². The van der Waals surface area contributed by atoms with Gasteiger partial charge in [0.25, 0.3) is 0 Å². The minimum absolute atomic E-state index is 0.0479. The van der Waals surface area contributed by atoms with Gasteiger partial charge in [0.05, 0.1) is 12.2 Å². The number of aromatic nitrogens is 1. The van der Waals surface area contributed by atoms with Gasteiger partial charge in [-0.05, 0) is 47.7 Å². The van der Waals surface area contributed by atoms with Crippen LogP contribution in [0.5, 0.6) is 0 Å². The van der Waals surface area contributed by atoms with Crippen molar-refractivity contribution >= 4 is 24.2 Å².